The first-order chi connectivity index (χ1) is 8.01. The zero-order valence-electron chi connectivity index (χ0n) is 12.5. The molecule has 0 aromatic rings. The highest BCUT2D eigenvalue weighted by molar-refractivity contribution is 4.65. The van der Waals surface area contributed by atoms with E-state index in [1.54, 1.807) is 0 Å². The van der Waals surface area contributed by atoms with Gasteiger partial charge in [-0.15, -0.1) is 0 Å². The van der Waals surface area contributed by atoms with Crippen LogP contribution in [0, 0.1) is 5.92 Å². The highest BCUT2D eigenvalue weighted by atomic mass is 16.7. The molecule has 0 amide bonds. The second kappa shape index (κ2) is 9.86. The first kappa shape index (κ1) is 16.9. The molecule has 0 aliphatic carbocycles. The van der Waals surface area contributed by atoms with Crippen LogP contribution in [-0.4, -0.2) is 43.5 Å². The zero-order valence-corrected chi connectivity index (χ0v) is 12.5. The molecule has 3 heteroatoms. The van der Waals surface area contributed by atoms with Gasteiger partial charge in [-0.1, -0.05) is 13.8 Å². The van der Waals surface area contributed by atoms with Crippen LogP contribution in [0.3, 0.4) is 0 Å². The van der Waals surface area contributed by atoms with Crippen molar-refractivity contribution in [2.24, 2.45) is 5.92 Å². The topological polar surface area (TPSA) is 21.7 Å². The molecule has 17 heavy (non-hydrogen) atoms. The lowest BCUT2D eigenvalue weighted by Gasteiger charge is -2.29. The summed E-state index contributed by atoms with van der Waals surface area (Å²) in [7, 11) is 0. The Kier molecular flexibility index (Phi) is 9.79. The minimum atomic E-state index is -0.0431. The Morgan fingerprint density at radius 3 is 1.82 bits per heavy atom. The molecule has 0 saturated carbocycles. The molecule has 3 nitrogen and oxygen atoms in total. The van der Waals surface area contributed by atoms with Gasteiger partial charge in [-0.25, -0.2) is 0 Å². The third kappa shape index (κ3) is 8.58. The summed E-state index contributed by atoms with van der Waals surface area (Å²) in [4.78, 5) is 2.50. The van der Waals surface area contributed by atoms with Crippen LogP contribution < -0.4 is 0 Å². The molecule has 104 valence electrons. The molecule has 0 rings (SSSR count). The summed E-state index contributed by atoms with van der Waals surface area (Å²) in [6, 6.07) is 0.585. The normalized spacial score (nSPS) is 12.4. The van der Waals surface area contributed by atoms with Crippen molar-refractivity contribution >= 4 is 0 Å². The summed E-state index contributed by atoms with van der Waals surface area (Å²) in [5.74, 6) is 0.704. The summed E-state index contributed by atoms with van der Waals surface area (Å²) in [6.45, 7) is 16.7. The van der Waals surface area contributed by atoms with Gasteiger partial charge in [0.15, 0.2) is 6.29 Å². The number of hydrogen-bond donors (Lipinski definition) is 0. The van der Waals surface area contributed by atoms with Crippen molar-refractivity contribution in [1.29, 1.82) is 0 Å². The van der Waals surface area contributed by atoms with Gasteiger partial charge in [0.05, 0.1) is 0 Å². The fraction of sp³-hybridized carbons (Fsp3) is 1.00. The molecule has 0 saturated heterocycles. The largest absolute Gasteiger partial charge is 0.353 e. The lowest BCUT2D eigenvalue weighted by Crippen LogP contribution is -2.37. The van der Waals surface area contributed by atoms with Crippen LogP contribution in [0.2, 0.25) is 0 Å². The van der Waals surface area contributed by atoms with Gasteiger partial charge >= 0.3 is 0 Å². The van der Waals surface area contributed by atoms with Crippen LogP contribution in [0.1, 0.15) is 48.0 Å². The first-order valence-electron chi connectivity index (χ1n) is 6.98. The van der Waals surface area contributed by atoms with Crippen molar-refractivity contribution < 1.29 is 9.47 Å². The van der Waals surface area contributed by atoms with E-state index >= 15 is 0 Å². The fourth-order valence-corrected chi connectivity index (χ4v) is 1.89. The Morgan fingerprint density at radius 1 is 0.941 bits per heavy atom. The molecule has 0 radical (unpaired) electrons. The van der Waals surface area contributed by atoms with Crippen LogP contribution in [0.25, 0.3) is 0 Å². The zero-order chi connectivity index (χ0) is 13.3. The molecule has 0 bridgehead atoms. The van der Waals surface area contributed by atoms with E-state index in [4.69, 9.17) is 9.47 Å². The van der Waals surface area contributed by atoms with Crippen LogP contribution >= 0.6 is 0 Å². The average Bonchev–Trinajstić information content (AvgIpc) is 2.23. The van der Waals surface area contributed by atoms with Crippen LogP contribution in [0.15, 0.2) is 0 Å². The molecule has 0 spiro atoms. The SMILES string of the molecule is CCOC(CCN(CC(C)C)C(C)C)OCC. The quantitative estimate of drug-likeness (QED) is 0.552. The van der Waals surface area contributed by atoms with Crippen molar-refractivity contribution in [2.45, 2.75) is 60.3 Å². The minimum Gasteiger partial charge on any atom is -0.353 e. The van der Waals surface area contributed by atoms with Crippen molar-refractivity contribution in [3.8, 4) is 0 Å². The van der Waals surface area contributed by atoms with Gasteiger partial charge < -0.3 is 14.4 Å². The Hall–Kier alpha value is -0.120. The molecule has 0 aliphatic heterocycles. The van der Waals surface area contributed by atoms with E-state index < -0.39 is 0 Å². The Morgan fingerprint density at radius 2 is 1.47 bits per heavy atom. The third-order valence-electron chi connectivity index (χ3n) is 2.69. The smallest absolute Gasteiger partial charge is 0.158 e. The minimum absolute atomic E-state index is 0.0431. The van der Waals surface area contributed by atoms with Gasteiger partial charge in [-0.05, 0) is 33.6 Å². The molecule has 0 N–H and O–H groups in total. The predicted molar refractivity (Wildman–Crippen MR) is 73.2 cm³/mol. The van der Waals surface area contributed by atoms with Gasteiger partial charge in [-0.2, -0.15) is 0 Å². The molecular formula is C14H31NO2. The summed E-state index contributed by atoms with van der Waals surface area (Å²) in [5, 5.41) is 0. The highest BCUT2D eigenvalue weighted by Gasteiger charge is 2.14. The van der Waals surface area contributed by atoms with E-state index in [2.05, 4.69) is 32.6 Å². The maximum Gasteiger partial charge on any atom is 0.158 e. The maximum atomic E-state index is 5.57. The van der Waals surface area contributed by atoms with E-state index in [9.17, 15) is 0 Å². The number of hydrogen-bond acceptors (Lipinski definition) is 3. The highest BCUT2D eigenvalue weighted by Crippen LogP contribution is 2.08. The molecular weight excluding hydrogens is 214 g/mol. The van der Waals surface area contributed by atoms with Crippen molar-refractivity contribution in [3.63, 3.8) is 0 Å². The van der Waals surface area contributed by atoms with Crippen molar-refractivity contribution in [2.75, 3.05) is 26.3 Å². The summed E-state index contributed by atoms with van der Waals surface area (Å²) in [6.07, 6.45) is 0.908. The molecule has 0 unspecified atom stereocenters. The molecule has 0 aromatic carbocycles. The Labute approximate surface area is 107 Å². The second-order valence-electron chi connectivity index (χ2n) is 5.11. The number of rotatable bonds is 10. The van der Waals surface area contributed by atoms with Crippen molar-refractivity contribution in [3.05, 3.63) is 0 Å². The molecule has 0 atom stereocenters. The van der Waals surface area contributed by atoms with Gasteiger partial charge in [-0.3, -0.25) is 0 Å². The molecule has 0 heterocycles. The van der Waals surface area contributed by atoms with Gasteiger partial charge in [0.1, 0.15) is 0 Å². The van der Waals surface area contributed by atoms with Crippen molar-refractivity contribution in [1.82, 2.24) is 4.90 Å². The second-order valence-corrected chi connectivity index (χ2v) is 5.11. The van der Waals surface area contributed by atoms with Crippen LogP contribution in [0.5, 0.6) is 0 Å². The number of ether oxygens (including phenoxy) is 2. The third-order valence-corrected chi connectivity index (χ3v) is 2.69. The maximum absolute atomic E-state index is 5.57. The van der Waals surface area contributed by atoms with Crippen LogP contribution in [0.4, 0.5) is 0 Å². The Bertz CT molecular complexity index is 166. The molecule has 0 aliphatic rings. The van der Waals surface area contributed by atoms with Gasteiger partial charge in [0.2, 0.25) is 0 Å². The summed E-state index contributed by atoms with van der Waals surface area (Å²) >= 11 is 0. The fourth-order valence-electron chi connectivity index (χ4n) is 1.89. The Balaban J connectivity index is 4.06. The molecule has 0 fully saturated rings. The first-order valence-corrected chi connectivity index (χ1v) is 6.98. The monoisotopic (exact) mass is 245 g/mol. The average molecular weight is 245 g/mol. The molecule has 0 aromatic heterocycles. The lowest BCUT2D eigenvalue weighted by atomic mass is 10.1. The van der Waals surface area contributed by atoms with Gasteiger partial charge in [0.25, 0.3) is 0 Å². The van der Waals surface area contributed by atoms with E-state index in [1.165, 1.54) is 0 Å². The number of nitrogens with zero attached hydrogens (tertiary/aromatic N) is 1. The van der Waals surface area contributed by atoms with Gasteiger partial charge in [0, 0.05) is 38.8 Å². The van der Waals surface area contributed by atoms with E-state index in [1.807, 2.05) is 13.8 Å². The summed E-state index contributed by atoms with van der Waals surface area (Å²) < 4.78 is 11.1. The van der Waals surface area contributed by atoms with E-state index in [-0.39, 0.29) is 6.29 Å². The van der Waals surface area contributed by atoms with E-state index in [0.29, 0.717) is 12.0 Å². The lowest BCUT2D eigenvalue weighted by molar-refractivity contribution is -0.142. The predicted octanol–water partition coefficient (Wildman–Crippen LogP) is 3.14. The van der Waals surface area contributed by atoms with Crippen LogP contribution in [-0.2, 0) is 9.47 Å². The summed E-state index contributed by atoms with van der Waals surface area (Å²) in [5.41, 5.74) is 0. The van der Waals surface area contributed by atoms with E-state index in [0.717, 1.165) is 32.7 Å². The standard InChI is InChI=1S/C14H31NO2/c1-7-16-14(17-8-2)9-10-15(13(5)6)11-12(3)4/h12-14H,7-11H2,1-6H3.